The van der Waals surface area contributed by atoms with Crippen molar-refractivity contribution in [1.82, 2.24) is 26.2 Å². The molecule has 0 radical (unpaired) electrons. The third kappa shape index (κ3) is 8.52. The van der Waals surface area contributed by atoms with Gasteiger partial charge in [0.25, 0.3) is 5.91 Å². The molecule has 0 spiro atoms. The summed E-state index contributed by atoms with van der Waals surface area (Å²) < 4.78 is 0. The van der Waals surface area contributed by atoms with E-state index in [2.05, 4.69) is 38.3 Å². The number of piperidine rings is 1. The zero-order chi connectivity index (χ0) is 32.6. The van der Waals surface area contributed by atoms with E-state index in [9.17, 15) is 14.4 Å². The van der Waals surface area contributed by atoms with E-state index in [0.29, 0.717) is 68.7 Å². The van der Waals surface area contributed by atoms with E-state index in [4.69, 9.17) is 11.6 Å². The van der Waals surface area contributed by atoms with Crippen LogP contribution in [0.5, 0.6) is 0 Å². The maximum absolute atomic E-state index is 14.0. The first-order chi connectivity index (χ1) is 22.9. The standard InChI is InChI=1S/C37H45ClN6O3/c38-29-14-12-26(13-15-29)23-33(42-36(46)32-24-27-7-1-2-8-28(27)25-41-32)37(47)44-21-19-43(20-22-44)34-11-4-3-10-31(34)35(45)40-18-16-30-9-5-6-17-39-30/h1-4,7-8,10-15,30,32-33,39,41H,5-6,9,16-25H2,(H,40,45)(H,42,46)/t30?,32-,33+/m0/s1. The van der Waals surface area contributed by atoms with Crippen LogP contribution in [0.25, 0.3) is 0 Å². The van der Waals surface area contributed by atoms with Gasteiger partial charge in [-0.2, -0.15) is 0 Å². The molecule has 248 valence electrons. The van der Waals surface area contributed by atoms with Gasteiger partial charge in [-0.05, 0) is 73.2 Å². The van der Waals surface area contributed by atoms with Crippen molar-refractivity contribution in [1.29, 1.82) is 0 Å². The van der Waals surface area contributed by atoms with Crippen molar-refractivity contribution in [2.75, 3.05) is 44.2 Å². The van der Waals surface area contributed by atoms with Gasteiger partial charge < -0.3 is 31.1 Å². The highest BCUT2D eigenvalue weighted by atomic mass is 35.5. The molecule has 3 atom stereocenters. The van der Waals surface area contributed by atoms with Crippen LogP contribution in [0.3, 0.4) is 0 Å². The van der Waals surface area contributed by atoms with Crippen molar-refractivity contribution in [3.63, 3.8) is 0 Å². The van der Waals surface area contributed by atoms with Crippen LogP contribution in [0.1, 0.15) is 52.7 Å². The molecule has 0 saturated carbocycles. The predicted molar refractivity (Wildman–Crippen MR) is 186 cm³/mol. The Hall–Kier alpha value is -3.92. The quantitative estimate of drug-likeness (QED) is 0.265. The third-order valence-electron chi connectivity index (χ3n) is 9.64. The van der Waals surface area contributed by atoms with Crippen molar-refractivity contribution in [3.05, 3.63) is 100 Å². The van der Waals surface area contributed by atoms with E-state index in [-0.39, 0.29) is 17.7 Å². The zero-order valence-electron chi connectivity index (χ0n) is 26.8. The van der Waals surface area contributed by atoms with Gasteiger partial charge in [-0.15, -0.1) is 0 Å². The van der Waals surface area contributed by atoms with E-state index in [1.807, 2.05) is 53.4 Å². The predicted octanol–water partition coefficient (Wildman–Crippen LogP) is 3.69. The van der Waals surface area contributed by atoms with Gasteiger partial charge in [0.05, 0.1) is 11.6 Å². The lowest BCUT2D eigenvalue weighted by molar-refractivity contribution is -0.137. The maximum Gasteiger partial charge on any atom is 0.253 e. The molecule has 0 bridgehead atoms. The van der Waals surface area contributed by atoms with Gasteiger partial charge in [-0.25, -0.2) is 0 Å². The topological polar surface area (TPSA) is 106 Å². The lowest BCUT2D eigenvalue weighted by atomic mass is 9.95. The Balaban J connectivity index is 1.08. The van der Waals surface area contributed by atoms with Crippen LogP contribution in [0.2, 0.25) is 5.02 Å². The summed E-state index contributed by atoms with van der Waals surface area (Å²) in [4.78, 5) is 44.8. The Kier molecular flexibility index (Phi) is 11.1. The molecule has 2 fully saturated rings. The molecule has 3 aromatic carbocycles. The van der Waals surface area contributed by atoms with Gasteiger partial charge in [0, 0.05) is 62.4 Å². The molecule has 9 nitrogen and oxygen atoms in total. The monoisotopic (exact) mass is 656 g/mol. The summed E-state index contributed by atoms with van der Waals surface area (Å²) in [5.74, 6) is -0.351. The van der Waals surface area contributed by atoms with E-state index >= 15 is 0 Å². The first-order valence-corrected chi connectivity index (χ1v) is 17.3. The largest absolute Gasteiger partial charge is 0.367 e. The van der Waals surface area contributed by atoms with Crippen molar-refractivity contribution in [2.24, 2.45) is 0 Å². The fourth-order valence-electron chi connectivity index (χ4n) is 6.92. The van der Waals surface area contributed by atoms with E-state index in [1.165, 1.54) is 18.4 Å². The summed E-state index contributed by atoms with van der Waals surface area (Å²) in [5, 5.41) is 13.7. The summed E-state index contributed by atoms with van der Waals surface area (Å²) in [5.41, 5.74) is 4.80. The molecule has 3 aliphatic rings. The van der Waals surface area contributed by atoms with Crippen molar-refractivity contribution in [3.8, 4) is 0 Å². The number of piperazine rings is 1. The SMILES string of the molecule is O=C(NCCC1CCCCN1)c1ccccc1N1CCN(C(=O)[C@@H](Cc2ccc(Cl)cc2)NC(=O)[C@@H]2Cc3ccccc3CN2)CC1. The number of carbonyl (C=O) groups is 3. The number of para-hydroxylation sites is 1. The Morgan fingerprint density at radius 3 is 2.38 bits per heavy atom. The number of nitrogens with zero attached hydrogens (tertiary/aromatic N) is 2. The molecule has 2 saturated heterocycles. The molecule has 3 heterocycles. The highest BCUT2D eigenvalue weighted by Gasteiger charge is 2.32. The second-order valence-corrected chi connectivity index (χ2v) is 13.3. The van der Waals surface area contributed by atoms with Crippen LogP contribution in [0.15, 0.2) is 72.8 Å². The molecule has 10 heteroatoms. The minimum atomic E-state index is -0.717. The fourth-order valence-corrected chi connectivity index (χ4v) is 7.05. The average Bonchev–Trinajstić information content (AvgIpc) is 3.12. The van der Waals surface area contributed by atoms with Gasteiger partial charge in [0.15, 0.2) is 0 Å². The van der Waals surface area contributed by atoms with E-state index < -0.39 is 12.1 Å². The fraction of sp³-hybridized carbons (Fsp3) is 0.432. The van der Waals surface area contributed by atoms with Gasteiger partial charge in [-0.3, -0.25) is 14.4 Å². The van der Waals surface area contributed by atoms with Crippen LogP contribution in [-0.2, 0) is 29.0 Å². The van der Waals surface area contributed by atoms with Gasteiger partial charge in [0.2, 0.25) is 11.8 Å². The number of halogens is 1. The number of rotatable bonds is 10. The van der Waals surface area contributed by atoms with Crippen molar-refractivity contribution < 1.29 is 14.4 Å². The Morgan fingerprint density at radius 2 is 1.62 bits per heavy atom. The molecule has 0 aromatic heterocycles. The molecule has 47 heavy (non-hydrogen) atoms. The van der Waals surface area contributed by atoms with Crippen LogP contribution in [0.4, 0.5) is 5.69 Å². The number of hydrogen-bond acceptors (Lipinski definition) is 6. The Labute approximate surface area is 282 Å². The summed E-state index contributed by atoms with van der Waals surface area (Å²) >= 11 is 6.13. The van der Waals surface area contributed by atoms with E-state index in [0.717, 1.165) is 36.2 Å². The van der Waals surface area contributed by atoms with Gasteiger partial charge in [-0.1, -0.05) is 66.6 Å². The van der Waals surface area contributed by atoms with Gasteiger partial charge >= 0.3 is 0 Å². The second kappa shape index (κ2) is 15.8. The highest BCUT2D eigenvalue weighted by molar-refractivity contribution is 6.30. The number of benzene rings is 3. The minimum Gasteiger partial charge on any atom is -0.367 e. The van der Waals surface area contributed by atoms with Crippen molar-refractivity contribution >= 4 is 35.0 Å². The van der Waals surface area contributed by atoms with Crippen LogP contribution >= 0.6 is 11.6 Å². The molecule has 3 amide bonds. The smallest absolute Gasteiger partial charge is 0.253 e. The highest BCUT2D eigenvalue weighted by Crippen LogP contribution is 2.23. The third-order valence-corrected chi connectivity index (χ3v) is 9.89. The maximum atomic E-state index is 14.0. The number of hydrogen-bond donors (Lipinski definition) is 4. The average molecular weight is 657 g/mol. The summed E-state index contributed by atoms with van der Waals surface area (Å²) in [6, 6.07) is 22.6. The van der Waals surface area contributed by atoms with Crippen molar-refractivity contribution in [2.45, 2.75) is 63.2 Å². The Bertz CT molecular complexity index is 1540. The van der Waals surface area contributed by atoms with Gasteiger partial charge in [0.1, 0.15) is 6.04 Å². The molecular formula is C37H45ClN6O3. The van der Waals surface area contributed by atoms with Crippen LogP contribution in [-0.4, -0.2) is 80.0 Å². The first-order valence-electron chi connectivity index (χ1n) is 16.9. The number of fused-ring (bicyclic) bond motifs is 1. The van der Waals surface area contributed by atoms with Crippen LogP contribution in [0, 0.1) is 0 Å². The molecular weight excluding hydrogens is 612 g/mol. The first kappa shape index (κ1) is 33.0. The lowest BCUT2D eigenvalue weighted by Crippen LogP contribution is -2.58. The Morgan fingerprint density at radius 1 is 0.872 bits per heavy atom. The second-order valence-electron chi connectivity index (χ2n) is 12.8. The normalized spacial score (nSPS) is 20.2. The van der Waals surface area contributed by atoms with E-state index in [1.54, 1.807) is 12.1 Å². The number of nitrogens with one attached hydrogen (secondary N) is 4. The summed E-state index contributed by atoms with van der Waals surface area (Å²) in [7, 11) is 0. The number of amides is 3. The molecule has 3 aliphatic heterocycles. The molecule has 4 N–H and O–H groups in total. The number of carbonyl (C=O) groups excluding carboxylic acids is 3. The molecule has 1 unspecified atom stereocenters. The molecule has 0 aliphatic carbocycles. The minimum absolute atomic E-state index is 0.0698. The molecule has 6 rings (SSSR count). The molecule has 3 aromatic rings. The number of anilines is 1. The lowest BCUT2D eigenvalue weighted by Gasteiger charge is -2.38. The zero-order valence-corrected chi connectivity index (χ0v) is 27.6. The summed E-state index contributed by atoms with van der Waals surface area (Å²) in [6.45, 7) is 4.46. The van der Waals surface area contributed by atoms with Crippen LogP contribution < -0.4 is 26.2 Å². The summed E-state index contributed by atoms with van der Waals surface area (Å²) in [6.07, 6.45) is 5.49.